The molecule has 0 aromatic heterocycles. The van der Waals surface area contributed by atoms with Crippen molar-refractivity contribution in [3.63, 3.8) is 0 Å². The van der Waals surface area contributed by atoms with Gasteiger partial charge in [0.25, 0.3) is 0 Å². The van der Waals surface area contributed by atoms with Gasteiger partial charge in [-0.15, -0.1) is 0 Å². The van der Waals surface area contributed by atoms with Crippen molar-refractivity contribution in [1.29, 1.82) is 0 Å². The third kappa shape index (κ3) is 44.2. The Balaban J connectivity index is 4.63. The highest BCUT2D eigenvalue weighted by Gasteiger charge is 2.23. The maximum atomic E-state index is 13.2. The van der Waals surface area contributed by atoms with Crippen LogP contribution in [0.1, 0.15) is 265 Å². The van der Waals surface area contributed by atoms with Crippen molar-refractivity contribution < 1.29 is 24.5 Å². The van der Waals surface area contributed by atoms with E-state index in [1.54, 1.807) is 0 Å². The summed E-state index contributed by atoms with van der Waals surface area (Å²) in [4.78, 5) is 26.1. The minimum absolute atomic E-state index is 0.00411. The van der Waals surface area contributed by atoms with Gasteiger partial charge in [-0.05, 0) is 44.9 Å². The van der Waals surface area contributed by atoms with E-state index in [0.29, 0.717) is 19.3 Å². The van der Waals surface area contributed by atoms with E-state index in [4.69, 9.17) is 4.74 Å². The third-order valence-electron chi connectivity index (χ3n) is 11.9. The summed E-state index contributed by atoms with van der Waals surface area (Å²) in [5, 5.41) is 23.6. The molecule has 0 bridgehead atoms. The Morgan fingerprint density at radius 3 is 1.31 bits per heavy atom. The molecule has 0 aliphatic heterocycles. The Morgan fingerprint density at radius 1 is 0.492 bits per heavy atom. The maximum absolute atomic E-state index is 13.2. The molecular formula is C55H101NO5. The number of hydrogen-bond donors (Lipinski definition) is 3. The highest BCUT2D eigenvalue weighted by Crippen LogP contribution is 2.17. The van der Waals surface area contributed by atoms with E-state index in [9.17, 15) is 19.8 Å². The quantitative estimate of drug-likeness (QED) is 0.0322. The molecule has 0 radical (unpaired) electrons. The molecule has 3 atom stereocenters. The molecule has 0 aromatic carbocycles. The first-order valence-electron chi connectivity index (χ1n) is 26.4. The van der Waals surface area contributed by atoms with Gasteiger partial charge in [0.2, 0.25) is 5.91 Å². The number of nitrogens with one attached hydrogen (secondary N) is 1. The largest absolute Gasteiger partial charge is 0.461 e. The first-order chi connectivity index (χ1) is 30.0. The molecule has 0 saturated carbocycles. The van der Waals surface area contributed by atoms with Gasteiger partial charge in [0.1, 0.15) is 6.10 Å². The fourth-order valence-corrected chi connectivity index (χ4v) is 7.88. The molecule has 0 saturated heterocycles. The molecule has 356 valence electrons. The van der Waals surface area contributed by atoms with Crippen LogP contribution < -0.4 is 5.32 Å². The van der Waals surface area contributed by atoms with E-state index in [1.165, 1.54) is 161 Å². The van der Waals surface area contributed by atoms with Gasteiger partial charge in [0, 0.05) is 12.8 Å². The number of carbonyl (C=O) groups is 2. The summed E-state index contributed by atoms with van der Waals surface area (Å²) < 4.78 is 5.87. The van der Waals surface area contributed by atoms with Crippen molar-refractivity contribution >= 4 is 11.9 Å². The van der Waals surface area contributed by atoms with Gasteiger partial charge in [0.15, 0.2) is 0 Å². The molecule has 0 aromatic rings. The van der Waals surface area contributed by atoms with Gasteiger partial charge in [-0.2, -0.15) is 0 Å². The smallest absolute Gasteiger partial charge is 0.306 e. The topological polar surface area (TPSA) is 95.9 Å². The summed E-state index contributed by atoms with van der Waals surface area (Å²) in [7, 11) is 0. The van der Waals surface area contributed by atoms with Crippen molar-refractivity contribution in [2.75, 3.05) is 6.61 Å². The Bertz CT molecular complexity index is 1050. The van der Waals surface area contributed by atoms with Gasteiger partial charge in [-0.3, -0.25) is 9.59 Å². The second-order valence-corrected chi connectivity index (χ2v) is 17.9. The Labute approximate surface area is 378 Å². The second kappa shape index (κ2) is 48.8. The lowest BCUT2D eigenvalue weighted by Gasteiger charge is -2.24. The minimum atomic E-state index is -0.808. The van der Waals surface area contributed by atoms with Crippen LogP contribution in [0.3, 0.4) is 0 Å². The van der Waals surface area contributed by atoms with Gasteiger partial charge >= 0.3 is 5.97 Å². The summed E-state index contributed by atoms with van der Waals surface area (Å²) in [6.45, 7) is 6.42. The Kier molecular flexibility index (Phi) is 47.1. The molecule has 3 N–H and O–H groups in total. The van der Waals surface area contributed by atoms with Gasteiger partial charge in [-0.25, -0.2) is 0 Å². The molecule has 0 aliphatic rings. The van der Waals surface area contributed by atoms with Crippen molar-refractivity contribution in [3.8, 4) is 0 Å². The first-order valence-corrected chi connectivity index (χ1v) is 26.4. The molecule has 3 unspecified atom stereocenters. The zero-order valence-electron chi connectivity index (χ0n) is 40.5. The van der Waals surface area contributed by atoms with E-state index in [1.807, 2.05) is 6.08 Å². The molecular weight excluding hydrogens is 755 g/mol. The third-order valence-corrected chi connectivity index (χ3v) is 11.9. The summed E-state index contributed by atoms with van der Waals surface area (Å²) in [6.07, 6.45) is 59.1. The summed E-state index contributed by atoms with van der Waals surface area (Å²) in [6, 6.07) is -0.728. The summed E-state index contributed by atoms with van der Waals surface area (Å²) >= 11 is 0. The van der Waals surface area contributed by atoms with Gasteiger partial charge in [-0.1, -0.05) is 249 Å². The van der Waals surface area contributed by atoms with E-state index in [2.05, 4.69) is 68.6 Å². The second-order valence-electron chi connectivity index (χ2n) is 17.9. The number of allylic oxidation sites excluding steroid dienone is 7. The predicted molar refractivity (Wildman–Crippen MR) is 264 cm³/mol. The average Bonchev–Trinajstić information content (AvgIpc) is 3.25. The lowest BCUT2D eigenvalue weighted by Crippen LogP contribution is -2.46. The van der Waals surface area contributed by atoms with Crippen LogP contribution in [0.5, 0.6) is 0 Å². The lowest BCUT2D eigenvalue weighted by atomic mass is 10.0. The lowest BCUT2D eigenvalue weighted by molar-refractivity contribution is -0.150. The van der Waals surface area contributed by atoms with Crippen LogP contribution in [0.4, 0.5) is 0 Å². The number of rotatable bonds is 47. The van der Waals surface area contributed by atoms with Crippen molar-refractivity contribution in [1.82, 2.24) is 5.32 Å². The number of esters is 1. The molecule has 61 heavy (non-hydrogen) atoms. The monoisotopic (exact) mass is 856 g/mol. The number of unbranched alkanes of at least 4 members (excludes halogenated alkanes) is 28. The molecule has 0 aliphatic carbocycles. The normalized spacial score (nSPS) is 13.6. The van der Waals surface area contributed by atoms with Crippen LogP contribution in [0.15, 0.2) is 48.6 Å². The Morgan fingerprint density at radius 2 is 0.869 bits per heavy atom. The SMILES string of the molecule is CCCCC/C=C\C/C=C\C/C=C\C/C=C\CC(CC(=O)NC(CO)C(O)CCCCCCCCCCC)OC(=O)CCCCCCCCCCCCCCCCCCCC. The van der Waals surface area contributed by atoms with Crippen LogP contribution >= 0.6 is 0 Å². The highest BCUT2D eigenvalue weighted by atomic mass is 16.5. The molecule has 0 spiro atoms. The van der Waals surface area contributed by atoms with Crippen molar-refractivity contribution in [2.24, 2.45) is 0 Å². The van der Waals surface area contributed by atoms with Crippen LogP contribution in [0.2, 0.25) is 0 Å². The highest BCUT2D eigenvalue weighted by molar-refractivity contribution is 5.77. The van der Waals surface area contributed by atoms with Crippen molar-refractivity contribution in [2.45, 2.75) is 283 Å². The first kappa shape index (κ1) is 58.8. The van der Waals surface area contributed by atoms with Crippen LogP contribution in [0.25, 0.3) is 0 Å². The zero-order valence-corrected chi connectivity index (χ0v) is 40.5. The number of ether oxygens (including phenoxy) is 1. The molecule has 6 nitrogen and oxygen atoms in total. The zero-order chi connectivity index (χ0) is 44.5. The van der Waals surface area contributed by atoms with Crippen LogP contribution in [-0.2, 0) is 14.3 Å². The van der Waals surface area contributed by atoms with Gasteiger partial charge < -0.3 is 20.3 Å². The standard InChI is InChI=1S/C55H101NO5/c1-4-7-10-13-16-19-21-23-25-26-27-29-31-33-36-39-42-45-48-55(60)61-51(46-43-40-37-35-32-30-28-24-22-20-17-14-11-8-5-2)49-54(59)56-52(50-57)53(58)47-44-41-38-34-18-15-12-9-6-3/h17,20,24,28,32,35,40,43,51-53,57-58H,4-16,18-19,21-23,25-27,29-31,33-34,36-39,41-42,44-50H2,1-3H3,(H,56,59)/b20-17-,28-24-,35-32-,43-40-. The van der Waals surface area contributed by atoms with Crippen molar-refractivity contribution in [3.05, 3.63) is 48.6 Å². The summed E-state index contributed by atoms with van der Waals surface area (Å²) in [5.41, 5.74) is 0. The van der Waals surface area contributed by atoms with E-state index >= 15 is 0 Å². The Hall–Kier alpha value is -2.18. The van der Waals surface area contributed by atoms with Crippen LogP contribution in [-0.4, -0.2) is 46.9 Å². The molecule has 1 amide bonds. The van der Waals surface area contributed by atoms with E-state index in [-0.39, 0.29) is 24.9 Å². The average molecular weight is 856 g/mol. The number of carbonyl (C=O) groups excluding carboxylic acids is 2. The number of hydrogen-bond acceptors (Lipinski definition) is 5. The van der Waals surface area contributed by atoms with Crippen LogP contribution in [0, 0.1) is 0 Å². The number of aliphatic hydroxyl groups excluding tert-OH is 2. The number of aliphatic hydroxyl groups is 2. The van der Waals surface area contributed by atoms with E-state index < -0.39 is 18.2 Å². The van der Waals surface area contributed by atoms with Gasteiger partial charge in [0.05, 0.1) is 25.2 Å². The maximum Gasteiger partial charge on any atom is 0.306 e. The van der Waals surface area contributed by atoms with E-state index in [0.717, 1.165) is 57.8 Å². The fraction of sp³-hybridized carbons (Fsp3) is 0.818. The molecule has 0 rings (SSSR count). The predicted octanol–water partition coefficient (Wildman–Crippen LogP) is 15.8. The molecule has 0 fully saturated rings. The summed E-state index contributed by atoms with van der Waals surface area (Å²) in [5.74, 6) is -0.568. The molecule has 6 heteroatoms. The number of amides is 1. The minimum Gasteiger partial charge on any atom is -0.461 e. The molecule has 0 heterocycles. The fourth-order valence-electron chi connectivity index (χ4n) is 7.88.